The van der Waals surface area contributed by atoms with Crippen molar-refractivity contribution in [1.29, 1.82) is 0 Å². The molecule has 0 aliphatic carbocycles. The van der Waals surface area contributed by atoms with Crippen molar-refractivity contribution >= 4 is 21.8 Å². The largest absolute Gasteiger partial charge is 0.465 e. The summed E-state index contributed by atoms with van der Waals surface area (Å²) in [6.45, 7) is 1.57. The van der Waals surface area contributed by atoms with Crippen molar-refractivity contribution < 1.29 is 27.5 Å². The van der Waals surface area contributed by atoms with E-state index in [1.165, 1.54) is 18.8 Å². The molecule has 0 saturated heterocycles. The molecule has 0 aromatic carbocycles. The van der Waals surface area contributed by atoms with Gasteiger partial charge in [-0.3, -0.25) is 0 Å². The minimum atomic E-state index is -3.29. The number of nitrogens with zero attached hydrogens (tertiary/aromatic N) is 1. The standard InChI is InChI=1S/C11H13NO6S/c1-6-8(10(13)17-2)9(11(14)18-3)7-4-19(15,16)5-12(6)7/h4-5H2,1-3H3. The Kier molecular flexibility index (Phi) is 3.13. The number of sulfone groups is 1. The van der Waals surface area contributed by atoms with Crippen LogP contribution in [0, 0.1) is 6.92 Å². The monoisotopic (exact) mass is 287 g/mol. The van der Waals surface area contributed by atoms with Crippen molar-refractivity contribution in [3.63, 3.8) is 0 Å². The molecule has 1 aliphatic rings. The van der Waals surface area contributed by atoms with Crippen LogP contribution in [0.1, 0.15) is 32.1 Å². The van der Waals surface area contributed by atoms with Gasteiger partial charge in [-0.1, -0.05) is 0 Å². The highest BCUT2D eigenvalue weighted by atomic mass is 32.2. The Morgan fingerprint density at radius 2 is 1.63 bits per heavy atom. The summed E-state index contributed by atoms with van der Waals surface area (Å²) in [4.78, 5) is 23.6. The third-order valence-electron chi connectivity index (χ3n) is 3.09. The highest BCUT2D eigenvalue weighted by molar-refractivity contribution is 7.89. The van der Waals surface area contributed by atoms with Gasteiger partial charge in [-0.2, -0.15) is 0 Å². The molecule has 0 N–H and O–H groups in total. The topological polar surface area (TPSA) is 91.7 Å². The number of esters is 2. The lowest BCUT2D eigenvalue weighted by Crippen LogP contribution is -2.13. The maximum absolute atomic E-state index is 11.8. The Morgan fingerprint density at radius 1 is 1.11 bits per heavy atom. The summed E-state index contributed by atoms with van der Waals surface area (Å²) in [5.74, 6) is -1.95. The van der Waals surface area contributed by atoms with Gasteiger partial charge in [0.15, 0.2) is 9.84 Å². The van der Waals surface area contributed by atoms with E-state index in [-0.39, 0.29) is 28.5 Å². The van der Waals surface area contributed by atoms with E-state index in [0.717, 1.165) is 0 Å². The van der Waals surface area contributed by atoms with E-state index >= 15 is 0 Å². The summed E-state index contributed by atoms with van der Waals surface area (Å²) < 4.78 is 33.9. The van der Waals surface area contributed by atoms with Gasteiger partial charge in [0.2, 0.25) is 0 Å². The molecule has 2 heterocycles. The average Bonchev–Trinajstić information content (AvgIpc) is 2.80. The van der Waals surface area contributed by atoms with Gasteiger partial charge in [0, 0.05) is 11.4 Å². The number of ether oxygens (including phenoxy) is 2. The molecule has 0 radical (unpaired) electrons. The molecule has 2 rings (SSSR count). The van der Waals surface area contributed by atoms with Gasteiger partial charge in [-0.15, -0.1) is 0 Å². The van der Waals surface area contributed by atoms with Crippen molar-refractivity contribution in [2.45, 2.75) is 18.6 Å². The first-order valence-electron chi connectivity index (χ1n) is 5.41. The molecule has 0 unspecified atom stereocenters. The minimum Gasteiger partial charge on any atom is -0.465 e. The van der Waals surface area contributed by atoms with Gasteiger partial charge in [0.05, 0.1) is 31.1 Å². The Labute approximate surface area is 110 Å². The van der Waals surface area contributed by atoms with Crippen molar-refractivity contribution in [2.24, 2.45) is 0 Å². The molecular formula is C11H13NO6S. The van der Waals surface area contributed by atoms with E-state index in [1.807, 2.05) is 0 Å². The molecule has 0 atom stereocenters. The van der Waals surface area contributed by atoms with Crippen LogP contribution in [0.15, 0.2) is 0 Å². The second-order valence-corrected chi connectivity index (χ2v) is 6.24. The molecule has 0 spiro atoms. The van der Waals surface area contributed by atoms with E-state index in [4.69, 9.17) is 0 Å². The van der Waals surface area contributed by atoms with E-state index in [0.29, 0.717) is 5.69 Å². The van der Waals surface area contributed by atoms with Crippen molar-refractivity contribution in [3.8, 4) is 0 Å². The lowest BCUT2D eigenvalue weighted by atomic mass is 10.1. The van der Waals surface area contributed by atoms with Crippen LogP contribution < -0.4 is 0 Å². The molecule has 0 saturated carbocycles. The van der Waals surface area contributed by atoms with E-state index < -0.39 is 21.8 Å². The van der Waals surface area contributed by atoms with Crippen LogP contribution in [0.5, 0.6) is 0 Å². The molecule has 19 heavy (non-hydrogen) atoms. The van der Waals surface area contributed by atoms with E-state index in [9.17, 15) is 18.0 Å². The predicted molar refractivity (Wildman–Crippen MR) is 64.5 cm³/mol. The fraction of sp³-hybridized carbons (Fsp3) is 0.455. The quantitative estimate of drug-likeness (QED) is 0.724. The number of carbonyl (C=O) groups is 2. The average molecular weight is 287 g/mol. The van der Waals surface area contributed by atoms with Crippen LogP contribution >= 0.6 is 0 Å². The van der Waals surface area contributed by atoms with Gasteiger partial charge in [0.25, 0.3) is 0 Å². The van der Waals surface area contributed by atoms with Crippen LogP contribution in [-0.4, -0.2) is 39.1 Å². The first-order valence-corrected chi connectivity index (χ1v) is 7.23. The van der Waals surface area contributed by atoms with Gasteiger partial charge in [-0.25, -0.2) is 18.0 Å². The molecule has 0 amide bonds. The Balaban J connectivity index is 2.72. The third-order valence-corrected chi connectivity index (χ3v) is 4.46. The molecule has 1 aromatic heterocycles. The summed E-state index contributed by atoms with van der Waals surface area (Å²) in [6, 6.07) is 0. The first kappa shape index (κ1) is 13.6. The molecule has 104 valence electrons. The number of aromatic nitrogens is 1. The second kappa shape index (κ2) is 4.37. The van der Waals surface area contributed by atoms with Gasteiger partial charge in [0.1, 0.15) is 5.88 Å². The van der Waals surface area contributed by atoms with Crippen LogP contribution in [0.25, 0.3) is 0 Å². The Bertz CT molecular complexity index is 670. The lowest BCUT2D eigenvalue weighted by Gasteiger charge is -2.04. The summed E-state index contributed by atoms with van der Waals surface area (Å²) in [5, 5.41) is 0. The van der Waals surface area contributed by atoms with E-state index in [1.54, 1.807) is 6.92 Å². The van der Waals surface area contributed by atoms with Gasteiger partial charge < -0.3 is 14.0 Å². The number of hydrogen-bond donors (Lipinski definition) is 0. The lowest BCUT2D eigenvalue weighted by molar-refractivity contribution is 0.0555. The maximum Gasteiger partial charge on any atom is 0.340 e. The molecule has 0 fully saturated rings. The molecule has 1 aromatic rings. The summed E-state index contributed by atoms with van der Waals surface area (Å²) >= 11 is 0. The van der Waals surface area contributed by atoms with Crippen molar-refractivity contribution in [2.75, 3.05) is 14.2 Å². The van der Waals surface area contributed by atoms with Gasteiger partial charge in [-0.05, 0) is 6.92 Å². The molecular weight excluding hydrogens is 274 g/mol. The summed E-state index contributed by atoms with van der Waals surface area (Å²) in [6.07, 6.45) is 0. The minimum absolute atomic E-state index is 0.0204. The zero-order valence-electron chi connectivity index (χ0n) is 10.7. The zero-order chi connectivity index (χ0) is 14.4. The SMILES string of the molecule is COC(=O)c1c(C(=O)OC)c2n(c1C)CS(=O)(=O)C2. The van der Waals surface area contributed by atoms with Crippen LogP contribution in [-0.2, 0) is 30.9 Å². The van der Waals surface area contributed by atoms with Crippen molar-refractivity contribution in [3.05, 3.63) is 22.5 Å². The highest BCUT2D eigenvalue weighted by Crippen LogP contribution is 2.31. The van der Waals surface area contributed by atoms with Crippen molar-refractivity contribution in [1.82, 2.24) is 4.57 Å². The maximum atomic E-state index is 11.8. The predicted octanol–water partition coefficient (Wildman–Crippen LogP) is 0.256. The first-order chi connectivity index (χ1) is 8.82. The zero-order valence-corrected chi connectivity index (χ0v) is 11.5. The van der Waals surface area contributed by atoms with E-state index in [2.05, 4.69) is 9.47 Å². The smallest absolute Gasteiger partial charge is 0.340 e. The number of carbonyl (C=O) groups excluding carboxylic acids is 2. The Hall–Kier alpha value is -1.83. The Morgan fingerprint density at radius 3 is 2.16 bits per heavy atom. The number of methoxy groups -OCH3 is 2. The highest BCUT2D eigenvalue weighted by Gasteiger charge is 2.37. The summed E-state index contributed by atoms with van der Waals surface area (Å²) in [7, 11) is -0.925. The molecule has 8 heteroatoms. The fourth-order valence-electron chi connectivity index (χ4n) is 2.25. The molecule has 1 aliphatic heterocycles. The third kappa shape index (κ3) is 2.01. The van der Waals surface area contributed by atoms with Crippen LogP contribution in [0.3, 0.4) is 0 Å². The normalized spacial score (nSPS) is 15.9. The molecule has 7 nitrogen and oxygen atoms in total. The van der Waals surface area contributed by atoms with Gasteiger partial charge >= 0.3 is 11.9 Å². The summed E-state index contributed by atoms with van der Waals surface area (Å²) in [5.41, 5.74) is 0.722. The number of hydrogen-bond acceptors (Lipinski definition) is 6. The fourth-order valence-corrected chi connectivity index (χ4v) is 3.80. The molecule has 0 bridgehead atoms. The van der Waals surface area contributed by atoms with Crippen LogP contribution in [0.2, 0.25) is 0 Å². The number of fused-ring (bicyclic) bond motifs is 1. The van der Waals surface area contributed by atoms with Crippen LogP contribution in [0.4, 0.5) is 0 Å². The number of rotatable bonds is 2. The second-order valence-electron chi connectivity index (χ2n) is 4.21.